The third kappa shape index (κ3) is 12.0. The van der Waals surface area contributed by atoms with Crippen LogP contribution in [0.3, 0.4) is 0 Å². The van der Waals surface area contributed by atoms with E-state index in [-0.39, 0.29) is 0 Å². The van der Waals surface area contributed by atoms with Crippen LogP contribution in [0.4, 0.5) is 0 Å². The van der Waals surface area contributed by atoms with Gasteiger partial charge in [-0.15, -0.1) is 0 Å². The van der Waals surface area contributed by atoms with Crippen molar-refractivity contribution in [3.05, 3.63) is 59.2 Å². The van der Waals surface area contributed by atoms with Gasteiger partial charge in [-0.2, -0.15) is 0 Å². The molecular weight excluding hydrogens is 540 g/mol. The predicted molar refractivity (Wildman–Crippen MR) is 163 cm³/mol. The first kappa shape index (κ1) is 33.5. The number of nitrogens with one attached hydrogen (secondary N) is 2. The molecule has 41 heavy (non-hydrogen) atoms. The van der Waals surface area contributed by atoms with Gasteiger partial charge in [0.2, 0.25) is 15.8 Å². The highest BCUT2D eigenvalue weighted by Gasteiger charge is 2.27. The van der Waals surface area contributed by atoms with Crippen molar-refractivity contribution >= 4 is 10.0 Å². The van der Waals surface area contributed by atoms with Crippen LogP contribution in [0.25, 0.3) is 0 Å². The molecule has 0 aromatic heterocycles. The van der Waals surface area contributed by atoms with E-state index in [2.05, 4.69) is 10.0 Å². The SMILES string of the molecule is CC(C)(C)NS(=O)(=O)c1cccc(CCCCOCCCCCCNC[C@@H](O)c2ccc3c(c2)COC(C)(C)O3)c1. The lowest BCUT2D eigenvalue weighted by Crippen LogP contribution is -2.40. The van der Waals surface area contributed by atoms with Crippen molar-refractivity contribution in [1.82, 2.24) is 10.0 Å². The summed E-state index contributed by atoms with van der Waals surface area (Å²) in [5, 5.41) is 13.9. The maximum absolute atomic E-state index is 12.6. The van der Waals surface area contributed by atoms with Gasteiger partial charge in [0.25, 0.3) is 0 Å². The topological polar surface area (TPSA) is 106 Å². The first-order valence-corrected chi connectivity index (χ1v) is 16.4. The van der Waals surface area contributed by atoms with Gasteiger partial charge in [0.05, 0.1) is 17.6 Å². The van der Waals surface area contributed by atoms with Crippen LogP contribution < -0.4 is 14.8 Å². The zero-order valence-electron chi connectivity index (χ0n) is 25.5. The second-order valence-electron chi connectivity index (χ2n) is 12.4. The third-order valence-corrected chi connectivity index (χ3v) is 8.54. The number of hydrogen-bond acceptors (Lipinski definition) is 7. The minimum atomic E-state index is -3.52. The van der Waals surface area contributed by atoms with E-state index in [1.165, 1.54) is 0 Å². The lowest BCUT2D eigenvalue weighted by atomic mass is 10.0. The van der Waals surface area contributed by atoms with Crippen LogP contribution in [0, 0.1) is 0 Å². The summed E-state index contributed by atoms with van der Waals surface area (Å²) in [5.74, 6) is 0.203. The molecule has 3 rings (SSSR count). The van der Waals surface area contributed by atoms with Crippen LogP contribution in [0.15, 0.2) is 47.4 Å². The quantitative estimate of drug-likeness (QED) is 0.205. The average molecular weight is 591 g/mol. The molecule has 1 heterocycles. The molecule has 0 aliphatic carbocycles. The van der Waals surface area contributed by atoms with Crippen LogP contribution in [-0.2, 0) is 32.5 Å². The Morgan fingerprint density at radius 2 is 1.73 bits per heavy atom. The number of fused-ring (bicyclic) bond motifs is 1. The van der Waals surface area contributed by atoms with Crippen LogP contribution >= 0.6 is 0 Å². The molecule has 0 radical (unpaired) electrons. The van der Waals surface area contributed by atoms with Gasteiger partial charge in [-0.25, -0.2) is 13.1 Å². The Morgan fingerprint density at radius 3 is 2.49 bits per heavy atom. The minimum Gasteiger partial charge on any atom is -0.463 e. The fourth-order valence-electron chi connectivity index (χ4n) is 4.69. The molecule has 2 aromatic rings. The molecule has 0 amide bonds. The molecule has 0 saturated carbocycles. The number of sulfonamides is 1. The zero-order valence-corrected chi connectivity index (χ0v) is 26.3. The van der Waals surface area contributed by atoms with Gasteiger partial charge in [0.15, 0.2) is 0 Å². The molecular formula is C32H50N2O6S. The van der Waals surface area contributed by atoms with E-state index in [0.717, 1.165) is 87.1 Å². The number of rotatable bonds is 17. The molecule has 8 nitrogen and oxygen atoms in total. The van der Waals surface area contributed by atoms with Crippen molar-refractivity contribution < 1.29 is 27.7 Å². The lowest BCUT2D eigenvalue weighted by Gasteiger charge is -2.33. The van der Waals surface area contributed by atoms with Crippen molar-refractivity contribution in [1.29, 1.82) is 0 Å². The summed E-state index contributed by atoms with van der Waals surface area (Å²) in [6.07, 6.45) is 6.52. The third-order valence-electron chi connectivity index (χ3n) is 6.78. The first-order chi connectivity index (χ1) is 19.3. The van der Waals surface area contributed by atoms with Gasteiger partial charge >= 0.3 is 0 Å². The fraction of sp³-hybridized carbons (Fsp3) is 0.625. The predicted octanol–water partition coefficient (Wildman–Crippen LogP) is 5.63. The fourth-order valence-corrected chi connectivity index (χ4v) is 6.18. The maximum Gasteiger partial charge on any atom is 0.241 e. The van der Waals surface area contributed by atoms with Crippen molar-refractivity contribution in [2.24, 2.45) is 0 Å². The number of ether oxygens (including phenoxy) is 3. The summed E-state index contributed by atoms with van der Waals surface area (Å²) in [6.45, 7) is 12.7. The first-order valence-electron chi connectivity index (χ1n) is 14.9. The number of aliphatic hydroxyl groups is 1. The molecule has 230 valence electrons. The standard InChI is InChI=1S/C32H50N2O6S/c1-31(2,3)34-41(36,37)28-15-12-14-25(21-28)13-8-11-20-38-19-10-7-6-9-18-33-23-29(35)26-16-17-30-27(22-26)24-39-32(4,5)40-30/h12,14-17,21-22,29,33-35H,6-11,13,18-20,23-24H2,1-5H3/t29-/m1/s1. The number of aliphatic hydroxyl groups excluding tert-OH is 1. The van der Waals surface area contributed by atoms with E-state index in [9.17, 15) is 13.5 Å². The van der Waals surface area contributed by atoms with Gasteiger partial charge in [0.1, 0.15) is 5.75 Å². The normalized spacial score (nSPS) is 15.8. The number of unbranched alkanes of at least 4 members (excludes halogenated alkanes) is 4. The highest BCUT2D eigenvalue weighted by molar-refractivity contribution is 7.89. The van der Waals surface area contributed by atoms with E-state index in [0.29, 0.717) is 18.0 Å². The molecule has 0 saturated heterocycles. The second kappa shape index (κ2) is 15.5. The lowest BCUT2D eigenvalue weighted by molar-refractivity contribution is -0.180. The molecule has 2 aromatic carbocycles. The average Bonchev–Trinajstić information content (AvgIpc) is 2.89. The van der Waals surface area contributed by atoms with E-state index < -0.39 is 27.5 Å². The van der Waals surface area contributed by atoms with E-state index in [4.69, 9.17) is 14.2 Å². The smallest absolute Gasteiger partial charge is 0.241 e. The van der Waals surface area contributed by atoms with Gasteiger partial charge in [-0.3, -0.25) is 0 Å². The van der Waals surface area contributed by atoms with Gasteiger partial charge in [-0.1, -0.05) is 31.0 Å². The molecule has 0 spiro atoms. The van der Waals surface area contributed by atoms with Crippen molar-refractivity contribution in [3.8, 4) is 5.75 Å². The van der Waals surface area contributed by atoms with Crippen molar-refractivity contribution in [3.63, 3.8) is 0 Å². The summed E-state index contributed by atoms with van der Waals surface area (Å²) in [6, 6.07) is 13.0. The molecule has 1 aliphatic rings. The Hall–Kier alpha value is -2.01. The summed E-state index contributed by atoms with van der Waals surface area (Å²) < 4.78 is 45.1. The van der Waals surface area contributed by atoms with Crippen LogP contribution in [0.5, 0.6) is 5.75 Å². The summed E-state index contributed by atoms with van der Waals surface area (Å²) in [7, 11) is -3.52. The Bertz CT molecular complexity index is 1190. The van der Waals surface area contributed by atoms with Crippen LogP contribution in [0.1, 0.15) is 95.9 Å². The van der Waals surface area contributed by atoms with Crippen LogP contribution in [0.2, 0.25) is 0 Å². The second-order valence-corrected chi connectivity index (χ2v) is 14.0. The summed E-state index contributed by atoms with van der Waals surface area (Å²) in [4.78, 5) is 0.317. The van der Waals surface area contributed by atoms with E-state index in [1.807, 2.05) is 65.0 Å². The van der Waals surface area contributed by atoms with Crippen molar-refractivity contribution in [2.45, 2.75) is 108 Å². The van der Waals surface area contributed by atoms with Crippen LogP contribution in [-0.4, -0.2) is 51.2 Å². The molecule has 3 N–H and O–H groups in total. The van der Waals surface area contributed by atoms with E-state index >= 15 is 0 Å². The van der Waals surface area contributed by atoms with Gasteiger partial charge < -0.3 is 24.6 Å². The summed E-state index contributed by atoms with van der Waals surface area (Å²) >= 11 is 0. The Balaban J connectivity index is 1.18. The van der Waals surface area contributed by atoms with Crippen molar-refractivity contribution in [2.75, 3.05) is 26.3 Å². The van der Waals surface area contributed by atoms with Gasteiger partial charge in [0, 0.05) is 44.7 Å². The zero-order chi connectivity index (χ0) is 29.9. The molecule has 0 bridgehead atoms. The number of hydrogen-bond donors (Lipinski definition) is 3. The highest BCUT2D eigenvalue weighted by atomic mass is 32.2. The molecule has 0 unspecified atom stereocenters. The highest BCUT2D eigenvalue weighted by Crippen LogP contribution is 2.32. The Labute approximate surface area is 247 Å². The van der Waals surface area contributed by atoms with E-state index in [1.54, 1.807) is 12.1 Å². The maximum atomic E-state index is 12.6. The monoisotopic (exact) mass is 590 g/mol. The molecule has 1 aliphatic heterocycles. The summed E-state index contributed by atoms with van der Waals surface area (Å²) in [5.41, 5.74) is 2.35. The Morgan fingerprint density at radius 1 is 1.00 bits per heavy atom. The molecule has 0 fully saturated rings. The number of aryl methyl sites for hydroxylation is 1. The van der Waals surface area contributed by atoms with Gasteiger partial charge in [-0.05, 0) is 94.8 Å². The molecule has 9 heteroatoms. The Kier molecular flexibility index (Phi) is 12.6. The molecule has 1 atom stereocenters. The largest absolute Gasteiger partial charge is 0.463 e. The number of benzene rings is 2. The minimum absolute atomic E-state index is 0.317.